The lowest BCUT2D eigenvalue weighted by atomic mass is 9.89. The Balaban J connectivity index is 3.04. The zero-order valence-corrected chi connectivity index (χ0v) is 11.7. The largest absolute Gasteiger partial charge is 0.496 e. The van der Waals surface area contributed by atoms with Crippen molar-refractivity contribution in [2.24, 2.45) is 17.6 Å². The van der Waals surface area contributed by atoms with E-state index < -0.39 is 0 Å². The lowest BCUT2D eigenvalue weighted by Crippen LogP contribution is -2.25. The molecule has 0 bridgehead atoms. The van der Waals surface area contributed by atoms with Crippen LogP contribution >= 0.6 is 0 Å². The van der Waals surface area contributed by atoms with Crippen LogP contribution in [-0.4, -0.2) is 19.4 Å². The van der Waals surface area contributed by atoms with Crippen molar-refractivity contribution in [3.8, 4) is 5.75 Å². The number of benzene rings is 1. The number of rotatable bonds is 6. The molecule has 0 aliphatic carbocycles. The van der Waals surface area contributed by atoms with Crippen molar-refractivity contribution >= 4 is 5.78 Å². The topological polar surface area (TPSA) is 52.3 Å². The van der Waals surface area contributed by atoms with Crippen LogP contribution in [0.3, 0.4) is 0 Å². The summed E-state index contributed by atoms with van der Waals surface area (Å²) in [5.74, 6) is 1.05. The third kappa shape index (κ3) is 3.57. The molecule has 0 amide bonds. The van der Waals surface area contributed by atoms with Gasteiger partial charge in [0.2, 0.25) is 0 Å². The number of nitrogens with two attached hydrogens (primary N) is 1. The molecule has 0 spiro atoms. The van der Waals surface area contributed by atoms with Crippen molar-refractivity contribution in [2.45, 2.75) is 27.2 Å². The van der Waals surface area contributed by atoms with Gasteiger partial charge in [-0.05, 0) is 31.4 Å². The fraction of sp³-hybridized carbons (Fsp3) is 0.533. The highest BCUT2D eigenvalue weighted by Crippen LogP contribution is 2.25. The standard InChI is InChI=1S/C15H23NO2/c1-10(2)7-12(9-16)15(17)13-8-11(3)5-6-14(13)18-4/h5-6,8,10,12H,7,9,16H2,1-4H3. The molecule has 1 aromatic rings. The van der Waals surface area contributed by atoms with E-state index in [1.54, 1.807) is 7.11 Å². The maximum atomic E-state index is 12.5. The number of hydrogen-bond donors (Lipinski definition) is 1. The molecule has 0 aliphatic heterocycles. The quantitative estimate of drug-likeness (QED) is 0.789. The fourth-order valence-corrected chi connectivity index (χ4v) is 2.11. The Morgan fingerprint density at radius 1 is 1.39 bits per heavy atom. The average Bonchev–Trinajstić information content (AvgIpc) is 2.34. The number of Topliss-reactive ketones (excluding diaryl/α,β-unsaturated/α-hetero) is 1. The summed E-state index contributed by atoms with van der Waals surface area (Å²) in [6.07, 6.45) is 0.812. The van der Waals surface area contributed by atoms with E-state index in [9.17, 15) is 4.79 Å². The highest BCUT2D eigenvalue weighted by atomic mass is 16.5. The van der Waals surface area contributed by atoms with Crippen LogP contribution in [0.1, 0.15) is 36.2 Å². The first-order valence-corrected chi connectivity index (χ1v) is 6.38. The molecule has 1 atom stereocenters. The van der Waals surface area contributed by atoms with Gasteiger partial charge < -0.3 is 10.5 Å². The van der Waals surface area contributed by atoms with Gasteiger partial charge in [0.05, 0.1) is 12.7 Å². The molecule has 1 rings (SSSR count). The van der Waals surface area contributed by atoms with E-state index in [0.717, 1.165) is 12.0 Å². The smallest absolute Gasteiger partial charge is 0.170 e. The fourth-order valence-electron chi connectivity index (χ4n) is 2.11. The molecule has 18 heavy (non-hydrogen) atoms. The Bertz CT molecular complexity index is 413. The van der Waals surface area contributed by atoms with Crippen LogP contribution in [-0.2, 0) is 0 Å². The predicted octanol–water partition coefficient (Wildman–Crippen LogP) is 2.81. The van der Waals surface area contributed by atoms with E-state index in [1.165, 1.54) is 0 Å². The summed E-state index contributed by atoms with van der Waals surface area (Å²) in [6.45, 7) is 6.55. The molecular weight excluding hydrogens is 226 g/mol. The SMILES string of the molecule is COc1ccc(C)cc1C(=O)C(CN)CC(C)C. The van der Waals surface area contributed by atoms with Crippen LogP contribution in [0.2, 0.25) is 0 Å². The predicted molar refractivity (Wildman–Crippen MR) is 74.1 cm³/mol. The minimum atomic E-state index is -0.124. The van der Waals surface area contributed by atoms with E-state index in [-0.39, 0.29) is 11.7 Å². The van der Waals surface area contributed by atoms with Crippen LogP contribution in [0.5, 0.6) is 5.75 Å². The third-order valence-electron chi connectivity index (χ3n) is 3.03. The number of ketones is 1. The van der Waals surface area contributed by atoms with Gasteiger partial charge in [0.15, 0.2) is 5.78 Å². The van der Waals surface area contributed by atoms with Crippen molar-refractivity contribution in [2.75, 3.05) is 13.7 Å². The zero-order valence-electron chi connectivity index (χ0n) is 11.7. The second-order valence-electron chi connectivity index (χ2n) is 5.13. The van der Waals surface area contributed by atoms with E-state index in [4.69, 9.17) is 10.5 Å². The molecule has 0 fully saturated rings. The summed E-state index contributed by atoms with van der Waals surface area (Å²) in [4.78, 5) is 12.5. The third-order valence-corrected chi connectivity index (χ3v) is 3.03. The zero-order chi connectivity index (χ0) is 13.7. The van der Waals surface area contributed by atoms with Gasteiger partial charge in [-0.3, -0.25) is 4.79 Å². The second kappa shape index (κ2) is 6.55. The molecule has 0 aliphatic rings. The van der Waals surface area contributed by atoms with Gasteiger partial charge in [0, 0.05) is 12.5 Å². The molecule has 1 unspecified atom stereocenters. The Labute approximate surface area is 109 Å². The van der Waals surface area contributed by atoms with E-state index in [1.807, 2.05) is 25.1 Å². The highest BCUT2D eigenvalue weighted by Gasteiger charge is 2.22. The summed E-state index contributed by atoms with van der Waals surface area (Å²) < 4.78 is 5.26. The van der Waals surface area contributed by atoms with Gasteiger partial charge in [0.1, 0.15) is 5.75 Å². The summed E-state index contributed by atoms with van der Waals surface area (Å²) in [7, 11) is 1.58. The van der Waals surface area contributed by atoms with Crippen LogP contribution in [0.25, 0.3) is 0 Å². The number of ether oxygens (including phenoxy) is 1. The van der Waals surface area contributed by atoms with Gasteiger partial charge in [-0.2, -0.15) is 0 Å². The van der Waals surface area contributed by atoms with Crippen molar-refractivity contribution < 1.29 is 9.53 Å². The number of hydrogen-bond acceptors (Lipinski definition) is 3. The van der Waals surface area contributed by atoms with E-state index in [2.05, 4.69) is 13.8 Å². The van der Waals surface area contributed by atoms with Crippen LogP contribution < -0.4 is 10.5 Å². The van der Waals surface area contributed by atoms with Crippen LogP contribution in [0.4, 0.5) is 0 Å². The first-order valence-electron chi connectivity index (χ1n) is 6.38. The molecule has 2 N–H and O–H groups in total. The summed E-state index contributed by atoms with van der Waals surface area (Å²) in [5, 5.41) is 0. The number of aryl methyl sites for hydroxylation is 1. The molecule has 0 saturated heterocycles. The summed E-state index contributed by atoms with van der Waals surface area (Å²) >= 11 is 0. The molecule has 0 saturated carbocycles. The summed E-state index contributed by atoms with van der Waals surface area (Å²) in [6, 6.07) is 5.66. The van der Waals surface area contributed by atoms with Crippen molar-refractivity contribution in [1.82, 2.24) is 0 Å². The minimum Gasteiger partial charge on any atom is -0.496 e. The van der Waals surface area contributed by atoms with Crippen molar-refractivity contribution in [3.05, 3.63) is 29.3 Å². The Hall–Kier alpha value is -1.35. The number of carbonyl (C=O) groups excluding carboxylic acids is 1. The van der Waals surface area contributed by atoms with Crippen molar-refractivity contribution in [1.29, 1.82) is 0 Å². The molecule has 100 valence electrons. The van der Waals surface area contributed by atoms with Gasteiger partial charge in [-0.25, -0.2) is 0 Å². The molecule has 0 aromatic heterocycles. The highest BCUT2D eigenvalue weighted by molar-refractivity contribution is 6.00. The Morgan fingerprint density at radius 3 is 2.56 bits per heavy atom. The molecule has 3 heteroatoms. The first-order chi connectivity index (χ1) is 8.49. The summed E-state index contributed by atoms with van der Waals surface area (Å²) in [5.41, 5.74) is 7.43. The second-order valence-corrected chi connectivity index (χ2v) is 5.13. The van der Waals surface area contributed by atoms with Gasteiger partial charge in [0.25, 0.3) is 0 Å². The van der Waals surface area contributed by atoms with Gasteiger partial charge in [-0.1, -0.05) is 25.5 Å². The normalized spacial score (nSPS) is 12.6. The van der Waals surface area contributed by atoms with Gasteiger partial charge in [-0.15, -0.1) is 0 Å². The Kier molecular flexibility index (Phi) is 5.35. The molecule has 3 nitrogen and oxygen atoms in total. The number of carbonyl (C=O) groups is 1. The lowest BCUT2D eigenvalue weighted by Gasteiger charge is -2.17. The molecule has 0 heterocycles. The monoisotopic (exact) mass is 249 g/mol. The number of methoxy groups -OCH3 is 1. The Morgan fingerprint density at radius 2 is 2.06 bits per heavy atom. The van der Waals surface area contributed by atoms with E-state index in [0.29, 0.717) is 23.8 Å². The lowest BCUT2D eigenvalue weighted by molar-refractivity contribution is 0.0905. The van der Waals surface area contributed by atoms with Crippen LogP contribution in [0.15, 0.2) is 18.2 Å². The van der Waals surface area contributed by atoms with Crippen molar-refractivity contribution in [3.63, 3.8) is 0 Å². The molecular formula is C15H23NO2. The minimum absolute atomic E-state index is 0.0896. The van der Waals surface area contributed by atoms with Gasteiger partial charge >= 0.3 is 0 Å². The maximum Gasteiger partial charge on any atom is 0.170 e. The first kappa shape index (κ1) is 14.7. The molecule has 0 radical (unpaired) electrons. The van der Waals surface area contributed by atoms with E-state index >= 15 is 0 Å². The maximum absolute atomic E-state index is 12.5. The average molecular weight is 249 g/mol. The molecule has 1 aromatic carbocycles. The van der Waals surface area contributed by atoms with Crippen LogP contribution in [0, 0.1) is 18.8 Å².